The number of phenols is 1. The molecular weight excluding hydrogens is 386 g/mol. The summed E-state index contributed by atoms with van der Waals surface area (Å²) in [6.07, 6.45) is 1.07. The highest BCUT2D eigenvalue weighted by molar-refractivity contribution is 5.92. The average molecular weight is 424 g/mol. The van der Waals surface area contributed by atoms with Gasteiger partial charge in [-0.05, 0) is 58.6 Å². The van der Waals surface area contributed by atoms with Crippen LogP contribution in [0.5, 0.6) is 5.75 Å². The highest BCUT2D eigenvalue weighted by Gasteiger charge is 2.25. The summed E-state index contributed by atoms with van der Waals surface area (Å²) in [7, 11) is 0. The Morgan fingerprint density at radius 1 is 0.935 bits per heavy atom. The first kappa shape index (κ1) is 24.6. The maximum atomic E-state index is 13.2. The lowest BCUT2D eigenvalue weighted by molar-refractivity contribution is -0.138. The molecule has 4 nitrogen and oxygen atoms in total. The summed E-state index contributed by atoms with van der Waals surface area (Å²) in [6, 6.07) is 13.3. The van der Waals surface area contributed by atoms with Gasteiger partial charge in [0.1, 0.15) is 12.0 Å². The Kier molecular flexibility index (Phi) is 7.69. The maximum Gasteiger partial charge on any atom is 0.233 e. The first-order valence-electron chi connectivity index (χ1n) is 11.0. The molecule has 4 heteroatoms. The lowest BCUT2D eigenvalue weighted by atomic mass is 9.79. The predicted octanol–water partition coefficient (Wildman–Crippen LogP) is 5.39. The molecular formula is C27H37NO3. The van der Waals surface area contributed by atoms with Crippen molar-refractivity contribution in [2.24, 2.45) is 5.92 Å². The van der Waals surface area contributed by atoms with Crippen molar-refractivity contribution in [3.63, 3.8) is 0 Å². The zero-order valence-corrected chi connectivity index (χ0v) is 20.0. The molecule has 0 radical (unpaired) electrons. The van der Waals surface area contributed by atoms with Crippen molar-refractivity contribution in [3.8, 4) is 5.75 Å². The van der Waals surface area contributed by atoms with Crippen LogP contribution in [-0.4, -0.2) is 28.7 Å². The molecule has 1 atom stereocenters. The maximum absolute atomic E-state index is 13.2. The smallest absolute Gasteiger partial charge is 0.233 e. The molecule has 0 fully saturated rings. The van der Waals surface area contributed by atoms with Gasteiger partial charge in [-0.1, -0.05) is 71.9 Å². The van der Waals surface area contributed by atoms with Gasteiger partial charge in [-0.3, -0.25) is 4.79 Å². The molecule has 0 heterocycles. The number of aromatic hydroxyl groups is 1. The minimum Gasteiger partial charge on any atom is -0.508 e. The third-order valence-corrected chi connectivity index (χ3v) is 5.67. The first-order chi connectivity index (χ1) is 14.3. The fourth-order valence-electron chi connectivity index (χ4n) is 3.53. The number of amides is 1. The number of carbonyl (C=O) groups is 2. The van der Waals surface area contributed by atoms with Crippen molar-refractivity contribution < 1.29 is 14.7 Å². The Hall–Kier alpha value is -2.62. The molecule has 1 unspecified atom stereocenters. The number of hydrogen-bond acceptors (Lipinski definition) is 3. The van der Waals surface area contributed by atoms with Gasteiger partial charge < -0.3 is 14.8 Å². The molecule has 0 saturated heterocycles. The molecule has 0 aliphatic rings. The molecule has 2 aromatic carbocycles. The second-order valence-electron chi connectivity index (χ2n) is 10.4. The fraction of sp³-hybridized carbons (Fsp3) is 0.481. The van der Waals surface area contributed by atoms with Gasteiger partial charge in [0, 0.05) is 13.1 Å². The monoisotopic (exact) mass is 423 g/mol. The van der Waals surface area contributed by atoms with E-state index in [-0.39, 0.29) is 22.5 Å². The number of phenolic OH excluding ortho intramolecular Hbond substituents is 1. The van der Waals surface area contributed by atoms with Gasteiger partial charge in [-0.15, -0.1) is 0 Å². The summed E-state index contributed by atoms with van der Waals surface area (Å²) >= 11 is 0. The lowest BCUT2D eigenvalue weighted by Gasteiger charge is -2.29. The van der Waals surface area contributed by atoms with Crippen molar-refractivity contribution in [3.05, 3.63) is 64.7 Å². The minimum absolute atomic E-state index is 0.00125. The van der Waals surface area contributed by atoms with E-state index in [2.05, 4.69) is 59.7 Å². The van der Waals surface area contributed by atoms with E-state index in [1.165, 1.54) is 11.1 Å². The van der Waals surface area contributed by atoms with Crippen LogP contribution < -0.4 is 0 Å². The molecule has 0 aliphatic heterocycles. The summed E-state index contributed by atoms with van der Waals surface area (Å²) in [5.74, 6) is -0.734. The van der Waals surface area contributed by atoms with Gasteiger partial charge in [0.15, 0.2) is 0 Å². The number of carbonyl (C=O) groups excluding carboxylic acids is 2. The number of rotatable bonds is 7. The van der Waals surface area contributed by atoms with Crippen LogP contribution in [-0.2, 0) is 33.4 Å². The molecule has 1 amide bonds. The molecule has 2 rings (SSSR count). The summed E-state index contributed by atoms with van der Waals surface area (Å²) < 4.78 is 0. The third kappa shape index (κ3) is 6.68. The molecule has 0 spiro atoms. The molecule has 31 heavy (non-hydrogen) atoms. The SMILES string of the molecule is CCN(Cc1cc(C(C)(C)C)cc(C(C)(C)C)c1)C(=O)C(C=O)Cc1ccc(O)cc1. The van der Waals surface area contributed by atoms with Crippen LogP contribution in [0.25, 0.3) is 0 Å². The van der Waals surface area contributed by atoms with Crippen LogP contribution in [0.4, 0.5) is 0 Å². The van der Waals surface area contributed by atoms with E-state index < -0.39 is 5.92 Å². The fourth-order valence-corrected chi connectivity index (χ4v) is 3.53. The minimum atomic E-state index is -0.739. The molecule has 0 bridgehead atoms. The summed E-state index contributed by atoms with van der Waals surface area (Å²) in [4.78, 5) is 26.7. The zero-order chi connectivity index (χ0) is 23.4. The van der Waals surface area contributed by atoms with E-state index >= 15 is 0 Å². The highest BCUT2D eigenvalue weighted by Crippen LogP contribution is 2.31. The first-order valence-corrected chi connectivity index (χ1v) is 11.0. The van der Waals surface area contributed by atoms with Gasteiger partial charge >= 0.3 is 0 Å². The van der Waals surface area contributed by atoms with Crippen molar-refractivity contribution >= 4 is 12.2 Å². The zero-order valence-electron chi connectivity index (χ0n) is 20.0. The number of aldehydes is 1. The molecule has 168 valence electrons. The molecule has 1 N–H and O–H groups in total. The summed E-state index contributed by atoms with van der Waals surface area (Å²) in [6.45, 7) is 16.1. The van der Waals surface area contributed by atoms with E-state index in [1.807, 2.05) is 6.92 Å². The van der Waals surface area contributed by atoms with Gasteiger partial charge in [0.2, 0.25) is 5.91 Å². The van der Waals surface area contributed by atoms with E-state index in [0.717, 1.165) is 17.4 Å². The lowest BCUT2D eigenvalue weighted by Crippen LogP contribution is -2.37. The Bertz CT molecular complexity index is 869. The number of nitrogens with zero attached hydrogens (tertiary/aromatic N) is 1. The van der Waals surface area contributed by atoms with Gasteiger partial charge in [-0.25, -0.2) is 0 Å². The van der Waals surface area contributed by atoms with Crippen molar-refractivity contribution in [1.29, 1.82) is 0 Å². The quantitative estimate of drug-likeness (QED) is 0.480. The van der Waals surface area contributed by atoms with Crippen LogP contribution in [0.2, 0.25) is 0 Å². The normalized spacial score (nSPS) is 13.0. The van der Waals surface area contributed by atoms with Crippen LogP contribution in [0, 0.1) is 5.92 Å². The van der Waals surface area contributed by atoms with E-state index in [4.69, 9.17) is 0 Å². The second kappa shape index (κ2) is 9.67. The highest BCUT2D eigenvalue weighted by atomic mass is 16.3. The Morgan fingerprint density at radius 3 is 1.87 bits per heavy atom. The van der Waals surface area contributed by atoms with Crippen LogP contribution >= 0.6 is 0 Å². The predicted molar refractivity (Wildman–Crippen MR) is 126 cm³/mol. The summed E-state index contributed by atoms with van der Waals surface area (Å²) in [5.41, 5.74) is 4.43. The standard InChI is InChI=1S/C27H37NO3/c1-8-28(25(31)21(18-29)13-19-9-11-24(30)12-10-19)17-20-14-22(26(2,3)4)16-23(15-20)27(5,6)7/h9-12,14-16,18,21,30H,8,13,17H2,1-7H3. The van der Waals surface area contributed by atoms with E-state index in [9.17, 15) is 14.7 Å². The molecule has 0 aromatic heterocycles. The molecule has 0 aliphatic carbocycles. The topological polar surface area (TPSA) is 57.6 Å². The van der Waals surface area contributed by atoms with Crippen LogP contribution in [0.3, 0.4) is 0 Å². The summed E-state index contributed by atoms with van der Waals surface area (Å²) in [5, 5.41) is 9.46. The van der Waals surface area contributed by atoms with Crippen molar-refractivity contribution in [2.45, 2.75) is 72.3 Å². The van der Waals surface area contributed by atoms with E-state index in [1.54, 1.807) is 29.2 Å². The second-order valence-corrected chi connectivity index (χ2v) is 10.4. The van der Waals surface area contributed by atoms with Crippen molar-refractivity contribution in [2.75, 3.05) is 6.54 Å². The largest absolute Gasteiger partial charge is 0.508 e. The van der Waals surface area contributed by atoms with Crippen LogP contribution in [0.15, 0.2) is 42.5 Å². The Labute approximate surface area is 187 Å². The Morgan fingerprint density at radius 2 is 1.45 bits per heavy atom. The molecule has 2 aromatic rings. The van der Waals surface area contributed by atoms with Gasteiger partial charge in [0.25, 0.3) is 0 Å². The van der Waals surface area contributed by atoms with Crippen LogP contribution in [0.1, 0.15) is 70.7 Å². The van der Waals surface area contributed by atoms with Crippen molar-refractivity contribution in [1.82, 2.24) is 4.90 Å². The van der Waals surface area contributed by atoms with Gasteiger partial charge in [0.05, 0.1) is 5.92 Å². The Balaban J connectivity index is 2.30. The number of benzene rings is 2. The molecule has 0 saturated carbocycles. The third-order valence-electron chi connectivity index (χ3n) is 5.67. The van der Waals surface area contributed by atoms with E-state index in [0.29, 0.717) is 19.5 Å². The average Bonchev–Trinajstić information content (AvgIpc) is 2.69. The van der Waals surface area contributed by atoms with Gasteiger partial charge in [-0.2, -0.15) is 0 Å². The number of hydrogen-bond donors (Lipinski definition) is 1.